The average molecular weight is 334 g/mol. The van der Waals surface area contributed by atoms with Gasteiger partial charge in [-0.25, -0.2) is 14.6 Å². The number of methoxy groups -OCH3 is 2. The molecule has 0 spiro atoms. The Morgan fingerprint density at radius 3 is 2.25 bits per heavy atom. The number of hydrazone groups is 1. The van der Waals surface area contributed by atoms with Crippen LogP contribution in [0.1, 0.15) is 6.92 Å². The molecule has 1 aliphatic heterocycles. The second-order valence-corrected chi connectivity index (χ2v) is 4.85. The van der Waals surface area contributed by atoms with Gasteiger partial charge in [0.1, 0.15) is 5.92 Å². The predicted octanol–water partition coefficient (Wildman–Crippen LogP) is 0.756. The molecule has 2 rings (SSSR count). The van der Waals surface area contributed by atoms with E-state index in [2.05, 4.69) is 5.10 Å². The van der Waals surface area contributed by atoms with Crippen molar-refractivity contribution in [2.24, 2.45) is 11.0 Å². The number of hydrogen-bond acceptors (Lipinski definition) is 8. The van der Waals surface area contributed by atoms with Crippen LogP contribution in [0.3, 0.4) is 0 Å². The molecule has 0 fully saturated rings. The maximum absolute atomic E-state index is 12.3. The van der Waals surface area contributed by atoms with E-state index in [0.29, 0.717) is 5.69 Å². The quantitative estimate of drug-likeness (QED) is 0.579. The molecule has 8 nitrogen and oxygen atoms in total. The van der Waals surface area contributed by atoms with Crippen LogP contribution in [0, 0.1) is 5.92 Å². The molecule has 1 heterocycles. The number of ether oxygens (including phenoxy) is 3. The zero-order valence-corrected chi connectivity index (χ0v) is 13.6. The Balaban J connectivity index is 2.52. The monoisotopic (exact) mass is 334 g/mol. The third-order valence-corrected chi connectivity index (χ3v) is 3.49. The fraction of sp³-hybridized carbons (Fsp3) is 0.375. The van der Waals surface area contributed by atoms with Crippen LogP contribution in [0.5, 0.6) is 0 Å². The van der Waals surface area contributed by atoms with E-state index < -0.39 is 29.9 Å². The van der Waals surface area contributed by atoms with Crippen LogP contribution < -0.4 is 5.01 Å². The number of hydrogen-bond donors (Lipinski definition) is 0. The van der Waals surface area contributed by atoms with Gasteiger partial charge in [-0.2, -0.15) is 5.10 Å². The van der Waals surface area contributed by atoms with Crippen LogP contribution in [-0.4, -0.2) is 50.5 Å². The Kier molecular flexibility index (Phi) is 5.51. The molecule has 0 radical (unpaired) electrons. The molecule has 0 unspecified atom stereocenters. The molecule has 0 aliphatic carbocycles. The van der Waals surface area contributed by atoms with Gasteiger partial charge in [0.25, 0.3) is 0 Å². The highest BCUT2D eigenvalue weighted by molar-refractivity contribution is 6.42. The van der Waals surface area contributed by atoms with E-state index in [1.54, 1.807) is 37.3 Å². The Morgan fingerprint density at radius 2 is 1.71 bits per heavy atom. The first-order valence-corrected chi connectivity index (χ1v) is 7.30. The van der Waals surface area contributed by atoms with Crippen LogP contribution in [0.15, 0.2) is 35.4 Å². The fourth-order valence-corrected chi connectivity index (χ4v) is 2.43. The van der Waals surface area contributed by atoms with Gasteiger partial charge in [-0.15, -0.1) is 0 Å². The number of carbonyl (C=O) groups excluding carboxylic acids is 3. The molecule has 0 amide bonds. The van der Waals surface area contributed by atoms with Gasteiger partial charge in [-0.05, 0) is 19.1 Å². The Morgan fingerprint density at radius 1 is 1.08 bits per heavy atom. The normalized spacial score (nSPS) is 19.5. The molecule has 0 saturated carbocycles. The molecule has 8 heteroatoms. The van der Waals surface area contributed by atoms with Crippen molar-refractivity contribution in [3.63, 3.8) is 0 Å². The van der Waals surface area contributed by atoms with Gasteiger partial charge in [0.2, 0.25) is 0 Å². The van der Waals surface area contributed by atoms with Gasteiger partial charge in [0, 0.05) is 0 Å². The van der Waals surface area contributed by atoms with Gasteiger partial charge >= 0.3 is 17.9 Å². The number of anilines is 1. The Labute approximate surface area is 139 Å². The van der Waals surface area contributed by atoms with Crippen LogP contribution in [-0.2, 0) is 28.6 Å². The molecule has 0 aromatic heterocycles. The van der Waals surface area contributed by atoms with Crippen molar-refractivity contribution in [2.75, 3.05) is 25.8 Å². The second kappa shape index (κ2) is 7.58. The lowest BCUT2D eigenvalue weighted by Crippen LogP contribution is -2.46. The lowest BCUT2D eigenvalue weighted by atomic mass is 9.95. The second-order valence-electron chi connectivity index (χ2n) is 4.85. The minimum atomic E-state index is -1.23. The highest BCUT2D eigenvalue weighted by Crippen LogP contribution is 2.30. The number of nitrogens with zero attached hydrogens (tertiary/aromatic N) is 2. The first-order valence-electron chi connectivity index (χ1n) is 7.30. The van der Waals surface area contributed by atoms with Crippen molar-refractivity contribution in [2.45, 2.75) is 13.0 Å². The molecule has 0 N–H and O–H groups in total. The van der Waals surface area contributed by atoms with Crippen molar-refractivity contribution in [1.29, 1.82) is 0 Å². The Bertz CT molecular complexity index is 658. The molecule has 1 aromatic carbocycles. The average Bonchev–Trinajstić information content (AvgIpc) is 3.02. The maximum atomic E-state index is 12.3. The summed E-state index contributed by atoms with van der Waals surface area (Å²) in [5.74, 6) is -3.49. The molecular formula is C16H18N2O6. The lowest BCUT2D eigenvalue weighted by molar-refractivity contribution is -0.151. The lowest BCUT2D eigenvalue weighted by Gasteiger charge is -2.24. The molecule has 1 aromatic rings. The summed E-state index contributed by atoms with van der Waals surface area (Å²) in [5.41, 5.74) is 0.337. The van der Waals surface area contributed by atoms with Gasteiger partial charge in [0.15, 0.2) is 11.8 Å². The summed E-state index contributed by atoms with van der Waals surface area (Å²) in [6, 6.07) is 7.53. The SMILES string of the molecule is CCOC(=O)C1=NN(c2ccccc2)[C@@H](C(=O)OC)[C@@H]1C(=O)OC. The Hall–Kier alpha value is -2.90. The van der Waals surface area contributed by atoms with Gasteiger partial charge < -0.3 is 14.2 Å². The molecule has 0 saturated heterocycles. The van der Waals surface area contributed by atoms with Crippen LogP contribution >= 0.6 is 0 Å². The minimum absolute atomic E-state index is 0.111. The van der Waals surface area contributed by atoms with E-state index >= 15 is 0 Å². The third-order valence-electron chi connectivity index (χ3n) is 3.49. The number of carbonyl (C=O) groups is 3. The molecular weight excluding hydrogens is 316 g/mol. The predicted molar refractivity (Wildman–Crippen MR) is 84.3 cm³/mol. The molecule has 24 heavy (non-hydrogen) atoms. The summed E-state index contributed by atoms with van der Waals surface area (Å²) in [6.07, 6.45) is 0. The molecule has 2 atom stereocenters. The summed E-state index contributed by atoms with van der Waals surface area (Å²) >= 11 is 0. The van der Waals surface area contributed by atoms with Crippen molar-refractivity contribution in [3.05, 3.63) is 30.3 Å². The van der Waals surface area contributed by atoms with Gasteiger partial charge in [-0.3, -0.25) is 4.79 Å². The summed E-state index contributed by atoms with van der Waals surface area (Å²) in [5, 5.41) is 5.43. The molecule has 1 aliphatic rings. The number of rotatable bonds is 5. The summed E-state index contributed by atoms with van der Waals surface area (Å²) in [6.45, 7) is 1.74. The van der Waals surface area contributed by atoms with Crippen molar-refractivity contribution in [1.82, 2.24) is 0 Å². The van der Waals surface area contributed by atoms with E-state index in [9.17, 15) is 14.4 Å². The summed E-state index contributed by atoms with van der Waals surface area (Å²) < 4.78 is 14.5. The van der Waals surface area contributed by atoms with Crippen LogP contribution in [0.2, 0.25) is 0 Å². The first kappa shape index (κ1) is 17.5. The van der Waals surface area contributed by atoms with E-state index in [4.69, 9.17) is 14.2 Å². The fourth-order valence-electron chi connectivity index (χ4n) is 2.43. The van der Waals surface area contributed by atoms with Crippen molar-refractivity contribution >= 4 is 29.3 Å². The smallest absolute Gasteiger partial charge is 0.355 e. The summed E-state index contributed by atoms with van der Waals surface area (Å²) in [4.78, 5) is 36.6. The molecule has 0 bridgehead atoms. The number of benzene rings is 1. The highest BCUT2D eigenvalue weighted by Gasteiger charge is 2.51. The molecule has 128 valence electrons. The van der Waals surface area contributed by atoms with Crippen molar-refractivity contribution < 1.29 is 28.6 Å². The van der Waals surface area contributed by atoms with Gasteiger partial charge in [0.05, 0.1) is 26.5 Å². The number of esters is 3. The first-order chi connectivity index (χ1) is 11.5. The summed E-state index contributed by atoms with van der Waals surface area (Å²) in [7, 11) is 2.37. The van der Waals surface area contributed by atoms with Crippen molar-refractivity contribution in [3.8, 4) is 0 Å². The van der Waals surface area contributed by atoms with E-state index in [-0.39, 0.29) is 12.3 Å². The standard InChI is InChI=1S/C16H18N2O6/c1-4-24-15(20)12-11(14(19)22-2)13(16(21)23-3)18(17-12)10-8-6-5-7-9-10/h5-9,11,13H,4H2,1-3H3/t11-,13-/m1/s1. The van der Waals surface area contributed by atoms with Crippen LogP contribution in [0.4, 0.5) is 5.69 Å². The highest BCUT2D eigenvalue weighted by atomic mass is 16.5. The van der Waals surface area contributed by atoms with Crippen LogP contribution in [0.25, 0.3) is 0 Å². The topological polar surface area (TPSA) is 94.5 Å². The van der Waals surface area contributed by atoms with Gasteiger partial charge in [-0.1, -0.05) is 18.2 Å². The zero-order chi connectivity index (χ0) is 17.7. The zero-order valence-electron chi connectivity index (χ0n) is 13.6. The van der Waals surface area contributed by atoms with E-state index in [1.807, 2.05) is 0 Å². The number of para-hydroxylation sites is 1. The van der Waals surface area contributed by atoms with E-state index in [1.165, 1.54) is 19.2 Å². The minimum Gasteiger partial charge on any atom is -0.468 e. The largest absolute Gasteiger partial charge is 0.468 e. The van der Waals surface area contributed by atoms with E-state index in [0.717, 1.165) is 0 Å². The maximum Gasteiger partial charge on any atom is 0.355 e. The third kappa shape index (κ3) is 3.22.